The van der Waals surface area contributed by atoms with Gasteiger partial charge in [-0.1, -0.05) is 6.07 Å². The van der Waals surface area contributed by atoms with Crippen molar-refractivity contribution in [2.75, 3.05) is 13.4 Å². The summed E-state index contributed by atoms with van der Waals surface area (Å²) in [4.78, 5) is 12.0. The zero-order chi connectivity index (χ0) is 11.4. The zero-order valence-corrected chi connectivity index (χ0v) is 10.7. The van der Waals surface area contributed by atoms with Gasteiger partial charge in [0.1, 0.15) is 0 Å². The Hall–Kier alpha value is -0.550. The maximum Gasteiger partial charge on any atom is 0.345 e. The quantitative estimate of drug-likeness (QED) is 0.631. The average Bonchev–Trinajstić information content (AvgIpc) is 2.26. The molecule has 0 heterocycles. The highest BCUT2D eigenvalue weighted by molar-refractivity contribution is 9.10. The van der Waals surface area contributed by atoms with Crippen LogP contribution < -0.4 is 0 Å². The molecular formula is C10H10BrFO2S. The van der Waals surface area contributed by atoms with Gasteiger partial charge in [-0.15, -0.1) is 11.8 Å². The van der Waals surface area contributed by atoms with E-state index < -0.39 is 12.1 Å². The normalized spacial score (nSPS) is 12.3. The highest BCUT2D eigenvalue weighted by Gasteiger charge is 2.20. The van der Waals surface area contributed by atoms with Crippen molar-refractivity contribution in [1.29, 1.82) is 0 Å². The number of carbonyl (C=O) groups is 1. The smallest absolute Gasteiger partial charge is 0.345 e. The van der Waals surface area contributed by atoms with Crippen LogP contribution >= 0.6 is 27.7 Å². The lowest BCUT2D eigenvalue weighted by molar-refractivity contribution is -0.146. The predicted octanol–water partition coefficient (Wildman–Crippen LogP) is 3.35. The molecule has 0 N–H and O–H groups in total. The summed E-state index contributed by atoms with van der Waals surface area (Å²) in [6.07, 6.45) is 0.203. The van der Waals surface area contributed by atoms with Crippen molar-refractivity contribution in [2.24, 2.45) is 0 Å². The summed E-state index contributed by atoms with van der Waals surface area (Å²) < 4.78 is 18.5. The molecule has 0 bridgehead atoms. The second-order valence-electron chi connectivity index (χ2n) is 2.78. The number of ether oxygens (including phenoxy) is 1. The molecule has 1 unspecified atom stereocenters. The third kappa shape index (κ3) is 2.95. The number of benzene rings is 1. The van der Waals surface area contributed by atoms with Gasteiger partial charge in [-0.3, -0.25) is 0 Å². The van der Waals surface area contributed by atoms with Gasteiger partial charge < -0.3 is 4.74 Å². The molecule has 0 aliphatic carbocycles. The summed E-state index contributed by atoms with van der Waals surface area (Å²) in [7, 11) is 1.17. The molecule has 1 rings (SSSR count). The molecular weight excluding hydrogens is 283 g/mol. The van der Waals surface area contributed by atoms with Crippen molar-refractivity contribution < 1.29 is 13.9 Å². The maximum absolute atomic E-state index is 13.4. The van der Waals surface area contributed by atoms with Gasteiger partial charge in [0.2, 0.25) is 6.17 Å². The molecule has 0 fully saturated rings. The first kappa shape index (κ1) is 12.5. The largest absolute Gasteiger partial charge is 0.467 e. The van der Waals surface area contributed by atoms with Crippen LogP contribution in [0, 0.1) is 0 Å². The van der Waals surface area contributed by atoms with Gasteiger partial charge in [0.15, 0.2) is 0 Å². The number of rotatable bonds is 3. The number of carbonyl (C=O) groups excluding carboxylic acids is 1. The van der Waals surface area contributed by atoms with Crippen LogP contribution in [0.5, 0.6) is 0 Å². The third-order valence-corrected chi connectivity index (χ3v) is 3.59. The highest BCUT2D eigenvalue weighted by atomic mass is 79.9. The van der Waals surface area contributed by atoms with Crippen LogP contribution in [0.25, 0.3) is 0 Å². The van der Waals surface area contributed by atoms with Gasteiger partial charge >= 0.3 is 5.97 Å². The van der Waals surface area contributed by atoms with Crippen LogP contribution in [0.4, 0.5) is 4.39 Å². The summed E-state index contributed by atoms with van der Waals surface area (Å²) in [5, 5.41) is 0. The molecule has 0 saturated carbocycles. The number of thioether (sulfide) groups is 1. The van der Waals surface area contributed by atoms with E-state index in [1.54, 1.807) is 30.0 Å². The van der Waals surface area contributed by atoms with Crippen LogP contribution in [-0.4, -0.2) is 19.3 Å². The molecule has 0 aromatic heterocycles. The maximum atomic E-state index is 13.4. The monoisotopic (exact) mass is 292 g/mol. The number of hydrogen-bond acceptors (Lipinski definition) is 3. The number of methoxy groups -OCH3 is 1. The van der Waals surface area contributed by atoms with Gasteiger partial charge in [0.25, 0.3) is 0 Å². The molecule has 0 aliphatic rings. The van der Waals surface area contributed by atoms with Crippen LogP contribution in [0.1, 0.15) is 11.7 Å². The highest BCUT2D eigenvalue weighted by Crippen LogP contribution is 2.30. The van der Waals surface area contributed by atoms with E-state index in [0.717, 1.165) is 9.37 Å². The molecule has 82 valence electrons. The summed E-state index contributed by atoms with van der Waals surface area (Å²) in [5.41, 5.74) is 0.298. The Morgan fingerprint density at radius 1 is 1.60 bits per heavy atom. The van der Waals surface area contributed by atoms with E-state index in [1.807, 2.05) is 6.26 Å². The van der Waals surface area contributed by atoms with E-state index in [4.69, 9.17) is 0 Å². The minimum atomic E-state index is -1.72. The predicted molar refractivity (Wildman–Crippen MR) is 61.8 cm³/mol. The van der Waals surface area contributed by atoms with Crippen LogP contribution in [0.2, 0.25) is 0 Å². The molecule has 0 amide bonds. The molecule has 0 radical (unpaired) electrons. The fourth-order valence-electron chi connectivity index (χ4n) is 1.08. The summed E-state index contributed by atoms with van der Waals surface area (Å²) in [5.74, 6) is -0.876. The number of esters is 1. The van der Waals surface area contributed by atoms with E-state index >= 15 is 0 Å². The Morgan fingerprint density at radius 3 is 2.73 bits per heavy atom. The van der Waals surface area contributed by atoms with E-state index in [9.17, 15) is 9.18 Å². The lowest BCUT2D eigenvalue weighted by Gasteiger charge is -2.08. The van der Waals surface area contributed by atoms with Gasteiger partial charge in [-0.25, -0.2) is 9.18 Å². The van der Waals surface area contributed by atoms with Crippen molar-refractivity contribution in [3.8, 4) is 0 Å². The van der Waals surface area contributed by atoms with Gasteiger partial charge in [-0.05, 0) is 39.9 Å². The van der Waals surface area contributed by atoms with Crippen molar-refractivity contribution in [2.45, 2.75) is 11.1 Å². The van der Waals surface area contributed by atoms with E-state index in [2.05, 4.69) is 20.7 Å². The Balaban J connectivity index is 2.97. The first-order valence-corrected chi connectivity index (χ1v) is 6.17. The number of hydrogen-bond donors (Lipinski definition) is 0. The first-order chi connectivity index (χ1) is 7.10. The fraction of sp³-hybridized carbons (Fsp3) is 0.300. The second kappa shape index (κ2) is 5.51. The van der Waals surface area contributed by atoms with E-state index in [1.165, 1.54) is 7.11 Å². The van der Waals surface area contributed by atoms with Crippen molar-refractivity contribution >= 4 is 33.7 Å². The van der Waals surface area contributed by atoms with Crippen molar-refractivity contribution in [1.82, 2.24) is 0 Å². The fourth-order valence-corrected chi connectivity index (χ4v) is 2.42. The Kier molecular flexibility index (Phi) is 4.60. The summed E-state index contributed by atoms with van der Waals surface area (Å²) >= 11 is 4.85. The molecule has 0 aliphatic heterocycles. The number of alkyl halides is 1. The standard InChI is InChI=1S/C10H10BrFO2S/c1-14-10(13)9(12)6-3-4-8(15-2)7(11)5-6/h3-5,9H,1-2H3. The SMILES string of the molecule is COC(=O)C(F)c1ccc(SC)c(Br)c1. The van der Waals surface area contributed by atoms with Crippen LogP contribution in [0.15, 0.2) is 27.6 Å². The van der Waals surface area contributed by atoms with Gasteiger partial charge in [0.05, 0.1) is 7.11 Å². The van der Waals surface area contributed by atoms with Gasteiger partial charge in [0, 0.05) is 9.37 Å². The van der Waals surface area contributed by atoms with Crippen molar-refractivity contribution in [3.05, 3.63) is 28.2 Å². The molecule has 5 heteroatoms. The zero-order valence-electron chi connectivity index (χ0n) is 8.29. The topological polar surface area (TPSA) is 26.3 Å². The second-order valence-corrected chi connectivity index (χ2v) is 4.48. The number of halogens is 2. The molecule has 0 spiro atoms. The Morgan fingerprint density at radius 2 is 2.27 bits per heavy atom. The summed E-state index contributed by atoms with van der Waals surface area (Å²) in [6.45, 7) is 0. The molecule has 1 atom stereocenters. The minimum absolute atomic E-state index is 0.298. The van der Waals surface area contributed by atoms with Crippen LogP contribution in [0.3, 0.4) is 0 Å². The average molecular weight is 293 g/mol. The lowest BCUT2D eigenvalue weighted by atomic mass is 10.1. The third-order valence-electron chi connectivity index (χ3n) is 1.88. The lowest BCUT2D eigenvalue weighted by Crippen LogP contribution is -2.09. The minimum Gasteiger partial charge on any atom is -0.467 e. The molecule has 1 aromatic rings. The molecule has 1 aromatic carbocycles. The molecule has 15 heavy (non-hydrogen) atoms. The van der Waals surface area contributed by atoms with Crippen LogP contribution in [-0.2, 0) is 9.53 Å². The van der Waals surface area contributed by atoms with E-state index in [-0.39, 0.29) is 0 Å². The van der Waals surface area contributed by atoms with Gasteiger partial charge in [-0.2, -0.15) is 0 Å². The summed E-state index contributed by atoms with van der Waals surface area (Å²) in [6, 6.07) is 4.94. The Labute approximate surface area is 100 Å². The first-order valence-electron chi connectivity index (χ1n) is 4.15. The Bertz CT molecular complexity index is 370. The van der Waals surface area contributed by atoms with E-state index in [0.29, 0.717) is 5.56 Å². The van der Waals surface area contributed by atoms with Crippen molar-refractivity contribution in [3.63, 3.8) is 0 Å². The molecule has 0 saturated heterocycles. The molecule has 2 nitrogen and oxygen atoms in total.